The van der Waals surface area contributed by atoms with Crippen LogP contribution in [-0.2, 0) is 9.39 Å². The molecule has 3 heteroatoms. The summed E-state index contributed by atoms with van der Waals surface area (Å²) in [4.78, 5) is 0. The Morgan fingerprint density at radius 1 is 1.13 bits per heavy atom. The molecule has 0 N–H and O–H groups in total. The first-order valence-corrected chi connectivity index (χ1v) is 6.05. The highest BCUT2D eigenvalue weighted by Crippen LogP contribution is 2.66. The molecule has 15 heavy (non-hydrogen) atoms. The average molecular weight is 210 g/mol. The molecule has 0 aromatic rings. The van der Waals surface area contributed by atoms with Crippen molar-refractivity contribution in [3.8, 4) is 0 Å². The van der Waals surface area contributed by atoms with Crippen LogP contribution in [0.3, 0.4) is 0 Å². The highest BCUT2D eigenvalue weighted by Gasteiger charge is 2.66. The lowest BCUT2D eigenvalue weighted by Gasteiger charge is -2.64. The van der Waals surface area contributed by atoms with Gasteiger partial charge in [-0.2, -0.15) is 0 Å². The molecule has 1 heterocycles. The molecule has 2 fully saturated rings. The van der Waals surface area contributed by atoms with Gasteiger partial charge in [0.25, 0.3) is 6.92 Å². The molecule has 0 amide bonds. The van der Waals surface area contributed by atoms with E-state index in [0.29, 0.717) is 24.3 Å². The molecule has 0 aromatic carbocycles. The first-order valence-electron chi connectivity index (χ1n) is 6.05. The van der Waals surface area contributed by atoms with Crippen LogP contribution in [0.25, 0.3) is 0 Å². The molecule has 2 nitrogen and oxygen atoms in total. The smallest absolute Gasteiger partial charge is 0.296 e. The van der Waals surface area contributed by atoms with Crippen molar-refractivity contribution in [3.63, 3.8) is 0 Å². The molecule has 1 aliphatic heterocycles. The van der Waals surface area contributed by atoms with Gasteiger partial charge in [-0.05, 0) is 23.6 Å². The van der Waals surface area contributed by atoms with E-state index in [-0.39, 0.29) is 11.5 Å². The Kier molecular flexibility index (Phi) is 2.48. The molecule has 0 spiro atoms. The van der Waals surface area contributed by atoms with Crippen molar-refractivity contribution in [2.45, 2.75) is 59.5 Å². The van der Waals surface area contributed by atoms with Crippen LogP contribution in [0.4, 0.5) is 0 Å². The fourth-order valence-electron chi connectivity index (χ4n) is 3.30. The zero-order chi connectivity index (χ0) is 11.4. The molecule has 1 saturated heterocycles. The first kappa shape index (κ1) is 11.5. The molecule has 1 saturated carbocycles. The predicted octanol–water partition coefficient (Wildman–Crippen LogP) is 2.85. The fourth-order valence-corrected chi connectivity index (χ4v) is 3.30. The molecule has 3 unspecified atom stereocenters. The Morgan fingerprint density at radius 3 is 2.33 bits per heavy atom. The first-order chi connectivity index (χ1) is 6.78. The summed E-state index contributed by atoms with van der Waals surface area (Å²) in [5.74, 6) is 0.539. The van der Waals surface area contributed by atoms with Crippen molar-refractivity contribution in [1.82, 2.24) is 0 Å². The Labute approximate surface area is 93.8 Å². The maximum Gasteiger partial charge on any atom is 0.296 e. The summed E-state index contributed by atoms with van der Waals surface area (Å²) in [5.41, 5.74) is 0.565. The Bertz CT molecular complexity index is 262. The van der Waals surface area contributed by atoms with Crippen molar-refractivity contribution in [2.75, 3.05) is 6.61 Å². The minimum Gasteiger partial charge on any atom is -0.433 e. The second-order valence-electron chi connectivity index (χ2n) is 6.37. The van der Waals surface area contributed by atoms with E-state index in [1.165, 1.54) is 0 Å². The van der Waals surface area contributed by atoms with Crippen LogP contribution in [0.2, 0.25) is 12.6 Å². The zero-order valence-electron chi connectivity index (χ0n) is 10.8. The largest absolute Gasteiger partial charge is 0.433 e. The Hall–Kier alpha value is -0.0151. The summed E-state index contributed by atoms with van der Waals surface area (Å²) >= 11 is 0. The summed E-state index contributed by atoms with van der Waals surface area (Å²) < 4.78 is 12.0. The maximum absolute atomic E-state index is 6.11. The van der Waals surface area contributed by atoms with Gasteiger partial charge in [-0.25, -0.2) is 0 Å². The minimum atomic E-state index is 0.234. The summed E-state index contributed by atoms with van der Waals surface area (Å²) in [6.45, 7) is 14.7. The van der Waals surface area contributed by atoms with E-state index < -0.39 is 0 Å². The lowest BCUT2D eigenvalue weighted by molar-refractivity contribution is -0.194. The van der Waals surface area contributed by atoms with Gasteiger partial charge in [0.1, 0.15) is 0 Å². The van der Waals surface area contributed by atoms with Crippen molar-refractivity contribution in [3.05, 3.63) is 0 Å². The van der Waals surface area contributed by atoms with Crippen molar-refractivity contribution in [1.29, 1.82) is 0 Å². The molecule has 2 aliphatic rings. The van der Waals surface area contributed by atoms with Crippen molar-refractivity contribution < 1.29 is 9.39 Å². The minimum absolute atomic E-state index is 0.234. The van der Waals surface area contributed by atoms with E-state index in [9.17, 15) is 0 Å². The molecule has 0 aromatic heterocycles. The van der Waals surface area contributed by atoms with Gasteiger partial charge in [0.05, 0.1) is 18.8 Å². The predicted molar refractivity (Wildman–Crippen MR) is 63.2 cm³/mol. The number of ether oxygens (including phenoxy) is 1. The van der Waals surface area contributed by atoms with Gasteiger partial charge in [-0.1, -0.05) is 34.5 Å². The van der Waals surface area contributed by atoms with Crippen LogP contribution >= 0.6 is 0 Å². The lowest BCUT2D eigenvalue weighted by atomic mass is 9.31. The van der Waals surface area contributed by atoms with Gasteiger partial charge in [0.2, 0.25) is 0 Å². The molecule has 3 atom stereocenters. The van der Waals surface area contributed by atoms with Crippen LogP contribution in [0.15, 0.2) is 0 Å². The summed E-state index contributed by atoms with van der Waals surface area (Å²) in [7, 11) is 0. The second kappa shape index (κ2) is 3.24. The lowest BCUT2D eigenvalue weighted by Crippen LogP contribution is -2.64. The van der Waals surface area contributed by atoms with E-state index in [4.69, 9.17) is 9.39 Å². The SMILES string of the molecule is CB1OCC(C)OC2C1C(C)(C)C2(C)C. The van der Waals surface area contributed by atoms with E-state index in [1.807, 2.05) is 0 Å². The van der Waals surface area contributed by atoms with Crippen LogP contribution in [0, 0.1) is 10.8 Å². The van der Waals surface area contributed by atoms with Gasteiger partial charge < -0.3 is 9.39 Å². The standard InChI is InChI=1S/C12H23BO2/c1-8-7-14-13(6)9-10(15-8)12(4,5)11(9,2)3/h8-10H,7H2,1-6H3. The van der Waals surface area contributed by atoms with Crippen LogP contribution in [-0.4, -0.2) is 25.7 Å². The Morgan fingerprint density at radius 2 is 1.73 bits per heavy atom. The number of hydrogen-bond donors (Lipinski definition) is 0. The highest BCUT2D eigenvalue weighted by molar-refractivity contribution is 6.53. The zero-order valence-corrected chi connectivity index (χ0v) is 10.8. The van der Waals surface area contributed by atoms with Crippen molar-refractivity contribution >= 4 is 6.92 Å². The topological polar surface area (TPSA) is 18.5 Å². The fraction of sp³-hybridized carbons (Fsp3) is 1.00. The maximum atomic E-state index is 6.11. The van der Waals surface area contributed by atoms with Crippen LogP contribution < -0.4 is 0 Å². The van der Waals surface area contributed by atoms with Crippen molar-refractivity contribution in [2.24, 2.45) is 10.8 Å². The quantitative estimate of drug-likeness (QED) is 0.572. The van der Waals surface area contributed by atoms with E-state index in [2.05, 4.69) is 41.4 Å². The monoisotopic (exact) mass is 210 g/mol. The van der Waals surface area contributed by atoms with Crippen LogP contribution in [0.5, 0.6) is 0 Å². The third-order valence-electron chi connectivity index (χ3n) is 5.01. The van der Waals surface area contributed by atoms with E-state index in [1.54, 1.807) is 0 Å². The second-order valence-corrected chi connectivity index (χ2v) is 6.37. The third kappa shape index (κ3) is 1.39. The molecule has 0 radical (unpaired) electrons. The van der Waals surface area contributed by atoms with Gasteiger partial charge in [-0.15, -0.1) is 0 Å². The molecule has 86 valence electrons. The van der Waals surface area contributed by atoms with E-state index in [0.717, 1.165) is 6.61 Å². The molecular formula is C12H23BO2. The number of rotatable bonds is 0. The third-order valence-corrected chi connectivity index (χ3v) is 5.01. The van der Waals surface area contributed by atoms with Crippen LogP contribution in [0.1, 0.15) is 34.6 Å². The van der Waals surface area contributed by atoms with Gasteiger partial charge in [0.15, 0.2) is 0 Å². The summed E-state index contributed by atoms with van der Waals surface area (Å²) in [5, 5.41) is 0. The average Bonchev–Trinajstić information content (AvgIpc) is 2.26. The Balaban J connectivity index is 2.26. The molecule has 0 bridgehead atoms. The molecule has 2 rings (SSSR count). The van der Waals surface area contributed by atoms with Gasteiger partial charge >= 0.3 is 0 Å². The summed E-state index contributed by atoms with van der Waals surface area (Å²) in [6.07, 6.45) is 0.595. The number of hydrogen-bond acceptors (Lipinski definition) is 2. The highest BCUT2D eigenvalue weighted by atomic mass is 16.5. The normalized spacial score (nSPS) is 42.8. The molecular weight excluding hydrogens is 187 g/mol. The van der Waals surface area contributed by atoms with E-state index >= 15 is 0 Å². The van der Waals surface area contributed by atoms with Gasteiger partial charge in [0, 0.05) is 0 Å². The molecule has 1 aliphatic carbocycles. The number of fused-ring (bicyclic) bond motifs is 1. The van der Waals surface area contributed by atoms with Gasteiger partial charge in [-0.3, -0.25) is 0 Å². The summed E-state index contributed by atoms with van der Waals surface area (Å²) in [6, 6.07) is 0.